The fourth-order valence-corrected chi connectivity index (χ4v) is 3.51. The zero-order valence-corrected chi connectivity index (χ0v) is 13.2. The number of hydrogen-bond donors (Lipinski definition) is 1. The van der Waals surface area contributed by atoms with Gasteiger partial charge in [0.15, 0.2) is 0 Å². The van der Waals surface area contributed by atoms with Crippen LogP contribution in [0.5, 0.6) is 0 Å². The van der Waals surface area contributed by atoms with Gasteiger partial charge in [0.1, 0.15) is 5.52 Å². The van der Waals surface area contributed by atoms with Crippen LogP contribution in [0.2, 0.25) is 0 Å². The zero-order chi connectivity index (χ0) is 14.8. The van der Waals surface area contributed by atoms with Gasteiger partial charge in [-0.1, -0.05) is 25.1 Å². The summed E-state index contributed by atoms with van der Waals surface area (Å²) in [5.74, 6) is 2.87. The van der Waals surface area contributed by atoms with Gasteiger partial charge in [-0.2, -0.15) is 11.8 Å². The third-order valence-electron chi connectivity index (χ3n) is 3.78. The molecule has 0 bridgehead atoms. The predicted octanol–water partition coefficient (Wildman–Crippen LogP) is 3.87. The van der Waals surface area contributed by atoms with Gasteiger partial charge < -0.3 is 10.3 Å². The Bertz CT molecular complexity index is 765. The quantitative estimate of drug-likeness (QED) is 0.727. The highest BCUT2D eigenvalue weighted by Crippen LogP contribution is 2.30. The molecule has 0 saturated heterocycles. The predicted molar refractivity (Wildman–Crippen MR) is 91.8 cm³/mol. The van der Waals surface area contributed by atoms with E-state index in [0.717, 1.165) is 39.9 Å². The van der Waals surface area contributed by atoms with Crippen molar-refractivity contribution in [1.82, 2.24) is 14.5 Å². The first-order valence-electron chi connectivity index (χ1n) is 7.31. The van der Waals surface area contributed by atoms with Gasteiger partial charge in [0.25, 0.3) is 0 Å². The maximum Gasteiger partial charge on any atom is 0.201 e. The number of pyridine rings is 1. The Morgan fingerprint density at radius 1 is 1.29 bits per heavy atom. The van der Waals surface area contributed by atoms with Crippen LogP contribution in [-0.2, 0) is 0 Å². The van der Waals surface area contributed by atoms with Crippen molar-refractivity contribution in [2.24, 2.45) is 0 Å². The summed E-state index contributed by atoms with van der Waals surface area (Å²) in [4.78, 5) is 8.95. The minimum absolute atomic E-state index is 0.333. The van der Waals surface area contributed by atoms with E-state index in [0.29, 0.717) is 12.0 Å². The van der Waals surface area contributed by atoms with Crippen LogP contribution in [0.1, 0.15) is 26.3 Å². The summed E-state index contributed by atoms with van der Waals surface area (Å²) in [5, 5.41) is 1.12. The van der Waals surface area contributed by atoms with Crippen LogP contribution in [0.4, 0.5) is 5.95 Å². The van der Waals surface area contributed by atoms with Crippen molar-refractivity contribution in [3.8, 4) is 0 Å². The molecule has 2 heterocycles. The second-order valence-electron chi connectivity index (χ2n) is 5.18. The first-order chi connectivity index (χ1) is 10.2. The lowest BCUT2D eigenvalue weighted by atomic mass is 10.1. The molecule has 0 radical (unpaired) electrons. The lowest BCUT2D eigenvalue weighted by Crippen LogP contribution is -2.10. The number of nitrogens with zero attached hydrogens (tertiary/aromatic N) is 3. The molecule has 0 spiro atoms. The first kappa shape index (κ1) is 14.2. The zero-order valence-electron chi connectivity index (χ0n) is 12.4. The van der Waals surface area contributed by atoms with Crippen molar-refractivity contribution in [2.75, 3.05) is 17.2 Å². The Labute approximate surface area is 128 Å². The van der Waals surface area contributed by atoms with E-state index in [-0.39, 0.29) is 0 Å². The van der Waals surface area contributed by atoms with Crippen molar-refractivity contribution in [3.63, 3.8) is 0 Å². The Hall–Kier alpha value is -1.75. The van der Waals surface area contributed by atoms with E-state index in [9.17, 15) is 0 Å². The van der Waals surface area contributed by atoms with Gasteiger partial charge in [-0.25, -0.2) is 4.98 Å². The summed E-state index contributed by atoms with van der Waals surface area (Å²) in [7, 11) is 0. The number of benzene rings is 1. The number of imidazole rings is 1. The molecule has 0 fully saturated rings. The molecular formula is C16H20N4S. The van der Waals surface area contributed by atoms with E-state index in [2.05, 4.69) is 34.4 Å². The van der Waals surface area contributed by atoms with Gasteiger partial charge in [-0.05, 0) is 30.9 Å². The summed E-state index contributed by atoms with van der Waals surface area (Å²) >= 11 is 1.96. The maximum absolute atomic E-state index is 6.17. The first-order valence-corrected chi connectivity index (χ1v) is 8.46. The second-order valence-corrected chi connectivity index (χ2v) is 6.58. The highest BCUT2D eigenvalue weighted by molar-refractivity contribution is 7.99. The van der Waals surface area contributed by atoms with E-state index >= 15 is 0 Å². The lowest BCUT2D eigenvalue weighted by molar-refractivity contribution is 0.557. The Morgan fingerprint density at radius 2 is 2.10 bits per heavy atom. The summed E-state index contributed by atoms with van der Waals surface area (Å²) in [6, 6.07) is 8.50. The summed E-state index contributed by atoms with van der Waals surface area (Å²) < 4.78 is 2.16. The minimum atomic E-state index is 0.333. The number of thioether (sulfide) groups is 1. The summed E-state index contributed by atoms with van der Waals surface area (Å²) in [6.45, 7) is 4.40. The molecule has 1 atom stereocenters. The lowest BCUT2D eigenvalue weighted by Gasteiger charge is -2.16. The van der Waals surface area contributed by atoms with Crippen molar-refractivity contribution in [2.45, 2.75) is 26.3 Å². The van der Waals surface area contributed by atoms with Crippen LogP contribution < -0.4 is 5.73 Å². The molecule has 0 aliphatic heterocycles. The molecule has 3 rings (SSSR count). The summed E-state index contributed by atoms with van der Waals surface area (Å²) in [6.07, 6.45) is 2.91. The molecule has 5 heteroatoms. The molecule has 1 aromatic carbocycles. The van der Waals surface area contributed by atoms with Gasteiger partial charge in [0, 0.05) is 11.4 Å². The van der Waals surface area contributed by atoms with Crippen molar-refractivity contribution in [3.05, 3.63) is 30.5 Å². The molecule has 0 aliphatic rings. The average Bonchev–Trinajstić information content (AvgIpc) is 2.84. The molecule has 0 amide bonds. The van der Waals surface area contributed by atoms with Gasteiger partial charge in [-0.3, -0.25) is 4.98 Å². The molecule has 2 N–H and O–H groups in total. The van der Waals surface area contributed by atoms with Crippen LogP contribution in [0.25, 0.3) is 21.9 Å². The second kappa shape index (κ2) is 5.93. The molecule has 0 aliphatic carbocycles. The molecule has 1 unspecified atom stereocenters. The van der Waals surface area contributed by atoms with Gasteiger partial charge in [0.05, 0.1) is 17.2 Å². The molecule has 3 aromatic rings. The molecular weight excluding hydrogens is 280 g/mol. The fourth-order valence-electron chi connectivity index (χ4n) is 2.72. The number of aromatic nitrogens is 3. The van der Waals surface area contributed by atoms with E-state index in [4.69, 9.17) is 5.73 Å². The van der Waals surface area contributed by atoms with E-state index in [1.165, 1.54) is 0 Å². The van der Waals surface area contributed by atoms with E-state index in [1.54, 1.807) is 0 Å². The number of para-hydroxylation sites is 1. The molecule has 21 heavy (non-hydrogen) atoms. The molecule has 2 aromatic heterocycles. The third kappa shape index (κ3) is 2.58. The Morgan fingerprint density at radius 3 is 2.90 bits per heavy atom. The molecule has 110 valence electrons. The summed E-state index contributed by atoms with van der Waals surface area (Å²) in [5.41, 5.74) is 9.13. The van der Waals surface area contributed by atoms with Crippen molar-refractivity contribution >= 4 is 39.6 Å². The van der Waals surface area contributed by atoms with Crippen LogP contribution in [0.15, 0.2) is 30.5 Å². The fraction of sp³-hybridized carbons (Fsp3) is 0.375. The third-order valence-corrected chi connectivity index (χ3v) is 4.71. The smallest absolute Gasteiger partial charge is 0.201 e. The molecule has 4 nitrogen and oxygen atoms in total. The highest BCUT2D eigenvalue weighted by atomic mass is 32.2. The minimum Gasteiger partial charge on any atom is -0.369 e. The Kier molecular flexibility index (Phi) is 4.01. The van der Waals surface area contributed by atoms with Crippen molar-refractivity contribution < 1.29 is 0 Å². The van der Waals surface area contributed by atoms with Gasteiger partial charge in [0.2, 0.25) is 5.95 Å². The maximum atomic E-state index is 6.17. The number of nitrogen functional groups attached to an aromatic ring is 1. The van der Waals surface area contributed by atoms with Gasteiger partial charge >= 0.3 is 0 Å². The largest absolute Gasteiger partial charge is 0.369 e. The number of fused-ring (bicyclic) bond motifs is 3. The highest BCUT2D eigenvalue weighted by Gasteiger charge is 2.16. The van der Waals surface area contributed by atoms with E-state index in [1.807, 2.05) is 36.2 Å². The normalized spacial score (nSPS) is 13.0. The van der Waals surface area contributed by atoms with Crippen molar-refractivity contribution in [1.29, 1.82) is 0 Å². The standard InChI is InChI=1S/C16H20N4S/c1-3-21-9-8-11(2)20-15-12-6-4-5-7-13(12)18-10-14(15)19-16(20)17/h4-7,10-11H,3,8-9H2,1-2H3,(H2,17,19). The molecule has 0 saturated carbocycles. The number of anilines is 1. The average molecular weight is 300 g/mol. The number of nitrogens with two attached hydrogens (primary N) is 1. The van der Waals surface area contributed by atoms with Crippen LogP contribution >= 0.6 is 11.8 Å². The van der Waals surface area contributed by atoms with Crippen LogP contribution in [-0.4, -0.2) is 26.0 Å². The van der Waals surface area contributed by atoms with Crippen LogP contribution in [0, 0.1) is 0 Å². The van der Waals surface area contributed by atoms with Gasteiger partial charge in [-0.15, -0.1) is 0 Å². The Balaban J connectivity index is 2.12. The monoisotopic (exact) mass is 300 g/mol. The topological polar surface area (TPSA) is 56.7 Å². The van der Waals surface area contributed by atoms with E-state index < -0.39 is 0 Å². The number of rotatable bonds is 5. The SMILES string of the molecule is CCSCCC(C)n1c(N)nc2cnc3ccccc3c21. The number of hydrogen-bond acceptors (Lipinski definition) is 4. The van der Waals surface area contributed by atoms with Crippen LogP contribution in [0.3, 0.4) is 0 Å².